The summed E-state index contributed by atoms with van der Waals surface area (Å²) in [6.07, 6.45) is 0. The predicted molar refractivity (Wildman–Crippen MR) is 45.9 cm³/mol. The van der Waals surface area contributed by atoms with Crippen molar-refractivity contribution in [1.29, 1.82) is 5.26 Å². The van der Waals surface area contributed by atoms with Gasteiger partial charge in [0.1, 0.15) is 5.82 Å². The van der Waals surface area contributed by atoms with Gasteiger partial charge in [-0.25, -0.2) is 9.18 Å². The van der Waals surface area contributed by atoms with Gasteiger partial charge in [0.25, 0.3) is 0 Å². The number of carbonyl (C=O) groups is 1. The highest BCUT2D eigenvalue weighted by Crippen LogP contribution is 2.10. The second kappa shape index (κ2) is 4.06. The zero-order valence-electron chi connectivity index (χ0n) is 6.91. The molecular formula is C10H4FNO2. The van der Waals surface area contributed by atoms with Gasteiger partial charge >= 0.3 is 5.97 Å². The molecule has 1 aromatic rings. The summed E-state index contributed by atoms with van der Waals surface area (Å²) in [4.78, 5) is 10.6. The van der Waals surface area contributed by atoms with E-state index in [0.717, 1.165) is 12.1 Å². The number of nitriles is 1. The Hall–Kier alpha value is -2.33. The summed E-state index contributed by atoms with van der Waals surface area (Å²) in [5.41, 5.74) is -0.117. The maximum absolute atomic E-state index is 12.7. The first-order chi connectivity index (χ1) is 6.65. The van der Waals surface area contributed by atoms with Gasteiger partial charge in [0.05, 0.1) is 5.56 Å². The number of hydrogen-bond donors (Lipinski definition) is 1. The van der Waals surface area contributed by atoms with Crippen molar-refractivity contribution in [2.24, 2.45) is 0 Å². The van der Waals surface area contributed by atoms with Gasteiger partial charge in [0.2, 0.25) is 0 Å². The predicted octanol–water partition coefficient (Wildman–Crippen LogP) is 1.40. The minimum absolute atomic E-state index is 0.125. The fourth-order valence-corrected chi connectivity index (χ4v) is 0.898. The van der Waals surface area contributed by atoms with Gasteiger partial charge in [-0.15, -0.1) is 0 Å². The molecule has 0 atom stereocenters. The van der Waals surface area contributed by atoms with Crippen LogP contribution in [0.4, 0.5) is 4.39 Å². The first kappa shape index (κ1) is 9.76. The molecule has 14 heavy (non-hydrogen) atoms. The van der Waals surface area contributed by atoms with Crippen LogP contribution >= 0.6 is 0 Å². The molecule has 4 heteroatoms. The summed E-state index contributed by atoms with van der Waals surface area (Å²) in [7, 11) is 0. The van der Waals surface area contributed by atoms with Gasteiger partial charge in [-0.3, -0.25) is 0 Å². The van der Waals surface area contributed by atoms with E-state index >= 15 is 0 Å². The summed E-state index contributed by atoms with van der Waals surface area (Å²) in [5, 5.41) is 16.8. The van der Waals surface area contributed by atoms with E-state index in [4.69, 9.17) is 10.4 Å². The number of aromatic carboxylic acids is 1. The highest BCUT2D eigenvalue weighted by Gasteiger charge is 2.09. The summed E-state index contributed by atoms with van der Waals surface area (Å²) in [6.45, 7) is 0. The second-order valence-electron chi connectivity index (χ2n) is 2.36. The minimum Gasteiger partial charge on any atom is -0.478 e. The van der Waals surface area contributed by atoms with Crippen LogP contribution in [-0.4, -0.2) is 11.1 Å². The van der Waals surface area contributed by atoms with Crippen LogP contribution < -0.4 is 0 Å². The molecule has 0 saturated heterocycles. The molecule has 0 aliphatic carbocycles. The van der Waals surface area contributed by atoms with Crippen molar-refractivity contribution in [2.75, 3.05) is 0 Å². The van der Waals surface area contributed by atoms with E-state index in [1.54, 1.807) is 6.07 Å². The number of carboxylic acid groups (broad SMARTS) is 1. The van der Waals surface area contributed by atoms with Crippen LogP contribution in [0.3, 0.4) is 0 Å². The fraction of sp³-hybridized carbons (Fsp3) is 0. The SMILES string of the molecule is N#CC#Cc1ccc(F)cc1C(=O)O. The van der Waals surface area contributed by atoms with Gasteiger partial charge in [0, 0.05) is 11.5 Å². The van der Waals surface area contributed by atoms with Gasteiger partial charge in [-0.1, -0.05) is 0 Å². The standard InChI is InChI=1S/C10H4FNO2/c11-8-4-3-7(2-1-5-12)9(6-8)10(13)14/h3-4,6H,(H,13,14). The maximum Gasteiger partial charge on any atom is 0.337 e. The Bertz CT molecular complexity index is 477. The fourth-order valence-electron chi connectivity index (χ4n) is 0.898. The molecule has 0 heterocycles. The van der Waals surface area contributed by atoms with Gasteiger partial charge in [0.15, 0.2) is 6.07 Å². The lowest BCUT2D eigenvalue weighted by Gasteiger charge is -1.97. The molecule has 0 fully saturated rings. The highest BCUT2D eigenvalue weighted by atomic mass is 19.1. The van der Waals surface area contributed by atoms with Crippen molar-refractivity contribution in [2.45, 2.75) is 0 Å². The quantitative estimate of drug-likeness (QED) is 0.679. The monoisotopic (exact) mass is 189 g/mol. The number of hydrogen-bond acceptors (Lipinski definition) is 2. The van der Waals surface area contributed by atoms with Crippen molar-refractivity contribution >= 4 is 5.97 Å². The second-order valence-corrected chi connectivity index (χ2v) is 2.36. The van der Waals surface area contributed by atoms with Crippen molar-refractivity contribution in [3.63, 3.8) is 0 Å². The average molecular weight is 189 g/mol. The third-order valence-corrected chi connectivity index (χ3v) is 1.47. The van der Waals surface area contributed by atoms with E-state index in [1.807, 2.05) is 5.92 Å². The molecule has 68 valence electrons. The lowest BCUT2D eigenvalue weighted by atomic mass is 10.1. The topological polar surface area (TPSA) is 61.1 Å². The van der Waals surface area contributed by atoms with Crippen LogP contribution in [-0.2, 0) is 0 Å². The molecule has 0 aliphatic heterocycles. The normalized spacial score (nSPS) is 8.29. The van der Waals surface area contributed by atoms with Gasteiger partial charge in [-0.05, 0) is 24.1 Å². The van der Waals surface area contributed by atoms with E-state index < -0.39 is 11.8 Å². The molecule has 1 rings (SSSR count). The van der Waals surface area contributed by atoms with Crippen LogP contribution in [0, 0.1) is 29.0 Å². The van der Waals surface area contributed by atoms with Crippen LogP contribution in [0.25, 0.3) is 0 Å². The summed E-state index contributed by atoms with van der Waals surface area (Å²) < 4.78 is 12.7. The summed E-state index contributed by atoms with van der Waals surface area (Å²) >= 11 is 0. The molecule has 0 aromatic heterocycles. The highest BCUT2D eigenvalue weighted by molar-refractivity contribution is 5.90. The molecule has 0 unspecified atom stereocenters. The Morgan fingerprint density at radius 2 is 2.21 bits per heavy atom. The van der Waals surface area contributed by atoms with Crippen LogP contribution in [0.15, 0.2) is 18.2 Å². The number of rotatable bonds is 1. The zero-order chi connectivity index (χ0) is 10.6. The van der Waals surface area contributed by atoms with E-state index in [-0.39, 0.29) is 11.1 Å². The molecule has 0 amide bonds. The van der Waals surface area contributed by atoms with E-state index in [1.165, 1.54) is 6.07 Å². The number of halogens is 1. The number of nitrogens with zero attached hydrogens (tertiary/aromatic N) is 1. The first-order valence-corrected chi connectivity index (χ1v) is 3.58. The van der Waals surface area contributed by atoms with Crippen LogP contribution in [0.1, 0.15) is 15.9 Å². The smallest absolute Gasteiger partial charge is 0.337 e. The Morgan fingerprint density at radius 3 is 2.79 bits per heavy atom. The molecule has 1 aromatic carbocycles. The first-order valence-electron chi connectivity index (χ1n) is 3.58. The Labute approximate surface area is 79.4 Å². The molecular weight excluding hydrogens is 185 g/mol. The largest absolute Gasteiger partial charge is 0.478 e. The lowest BCUT2D eigenvalue weighted by Crippen LogP contribution is -2.00. The molecule has 0 spiro atoms. The van der Waals surface area contributed by atoms with Crippen molar-refractivity contribution in [1.82, 2.24) is 0 Å². The maximum atomic E-state index is 12.7. The molecule has 3 nitrogen and oxygen atoms in total. The number of benzene rings is 1. The van der Waals surface area contributed by atoms with Crippen molar-refractivity contribution in [3.8, 4) is 17.9 Å². The van der Waals surface area contributed by atoms with Crippen molar-refractivity contribution < 1.29 is 14.3 Å². The Balaban J connectivity index is 3.30. The Morgan fingerprint density at radius 1 is 1.50 bits per heavy atom. The Kier molecular flexibility index (Phi) is 2.83. The van der Waals surface area contributed by atoms with E-state index in [2.05, 4.69) is 5.92 Å². The van der Waals surface area contributed by atoms with Crippen LogP contribution in [0.2, 0.25) is 0 Å². The average Bonchev–Trinajstić information content (AvgIpc) is 2.15. The molecule has 0 saturated carbocycles. The molecule has 0 radical (unpaired) electrons. The summed E-state index contributed by atoms with van der Waals surface area (Å²) in [6, 6.07) is 4.73. The zero-order valence-corrected chi connectivity index (χ0v) is 6.91. The summed E-state index contributed by atoms with van der Waals surface area (Å²) in [5.74, 6) is 2.44. The third-order valence-electron chi connectivity index (χ3n) is 1.47. The van der Waals surface area contributed by atoms with E-state index in [0.29, 0.717) is 0 Å². The van der Waals surface area contributed by atoms with Crippen molar-refractivity contribution in [3.05, 3.63) is 35.1 Å². The lowest BCUT2D eigenvalue weighted by molar-refractivity contribution is 0.0696. The molecule has 1 N–H and O–H groups in total. The number of carboxylic acids is 1. The van der Waals surface area contributed by atoms with E-state index in [9.17, 15) is 9.18 Å². The third kappa shape index (κ3) is 2.09. The minimum atomic E-state index is -1.27. The van der Waals surface area contributed by atoms with Gasteiger partial charge < -0.3 is 5.11 Å². The molecule has 0 aliphatic rings. The van der Waals surface area contributed by atoms with Crippen LogP contribution in [0.5, 0.6) is 0 Å². The van der Waals surface area contributed by atoms with Gasteiger partial charge in [-0.2, -0.15) is 5.26 Å². The molecule has 0 bridgehead atoms.